The van der Waals surface area contributed by atoms with Gasteiger partial charge in [0.15, 0.2) is 0 Å². The van der Waals surface area contributed by atoms with Crippen LogP contribution in [-0.4, -0.2) is 28.4 Å². The number of hydrogen-bond acceptors (Lipinski definition) is 2. The molecule has 1 aliphatic heterocycles. The van der Waals surface area contributed by atoms with Gasteiger partial charge >= 0.3 is 0 Å². The Morgan fingerprint density at radius 3 is 3.14 bits per heavy atom. The molecule has 3 heteroatoms. The van der Waals surface area contributed by atoms with Crippen LogP contribution in [0.1, 0.15) is 17.7 Å². The quantitative estimate of drug-likeness (QED) is 0.696. The Morgan fingerprint density at radius 2 is 2.50 bits per heavy atom. The van der Waals surface area contributed by atoms with Crippen molar-refractivity contribution >= 4 is 11.6 Å². The van der Waals surface area contributed by atoms with E-state index in [1.165, 1.54) is 5.56 Å². The number of nitrogens with zero attached hydrogens (tertiary/aromatic N) is 2. The van der Waals surface area contributed by atoms with Crippen molar-refractivity contribution < 1.29 is 0 Å². The van der Waals surface area contributed by atoms with Crippen LogP contribution in [0.25, 0.3) is 0 Å². The van der Waals surface area contributed by atoms with Gasteiger partial charge in [0, 0.05) is 30.4 Å². The zero-order chi connectivity index (χ0) is 9.97. The first kappa shape index (κ1) is 9.94. The first-order valence-corrected chi connectivity index (χ1v) is 5.46. The fourth-order valence-corrected chi connectivity index (χ4v) is 2.15. The largest absolute Gasteiger partial charge is 0.297 e. The molecule has 14 heavy (non-hydrogen) atoms. The Morgan fingerprint density at radius 1 is 1.64 bits per heavy atom. The molecule has 1 saturated heterocycles. The van der Waals surface area contributed by atoms with Crippen molar-refractivity contribution in [3.63, 3.8) is 0 Å². The van der Waals surface area contributed by atoms with Crippen molar-refractivity contribution in [1.82, 2.24) is 9.88 Å². The van der Waals surface area contributed by atoms with Crippen LogP contribution >= 0.6 is 11.6 Å². The number of pyridine rings is 1. The summed E-state index contributed by atoms with van der Waals surface area (Å²) in [5, 5.41) is 0.340. The van der Waals surface area contributed by atoms with Gasteiger partial charge in [-0.2, -0.15) is 0 Å². The third-order valence-electron chi connectivity index (χ3n) is 2.73. The lowest BCUT2D eigenvalue weighted by Gasteiger charge is -2.15. The maximum absolute atomic E-state index is 6.06. The van der Waals surface area contributed by atoms with Gasteiger partial charge in [0.25, 0.3) is 0 Å². The summed E-state index contributed by atoms with van der Waals surface area (Å²) >= 11 is 6.06. The number of likely N-dealkylation sites (tertiary alicyclic amines) is 1. The summed E-state index contributed by atoms with van der Waals surface area (Å²) in [6.45, 7) is 5.17. The minimum atomic E-state index is 0.340. The smallest absolute Gasteiger partial charge is 0.0475 e. The maximum Gasteiger partial charge on any atom is 0.0475 e. The van der Waals surface area contributed by atoms with Crippen molar-refractivity contribution in [2.75, 3.05) is 13.1 Å². The van der Waals surface area contributed by atoms with Crippen LogP contribution in [0.3, 0.4) is 0 Å². The van der Waals surface area contributed by atoms with Gasteiger partial charge in [0.2, 0.25) is 0 Å². The van der Waals surface area contributed by atoms with E-state index < -0.39 is 0 Å². The fourth-order valence-electron chi connectivity index (χ4n) is 1.85. The van der Waals surface area contributed by atoms with E-state index in [0.29, 0.717) is 5.38 Å². The van der Waals surface area contributed by atoms with Crippen LogP contribution in [0.15, 0.2) is 18.3 Å². The topological polar surface area (TPSA) is 16.1 Å². The Labute approximate surface area is 89.9 Å². The Balaban J connectivity index is 2.01. The van der Waals surface area contributed by atoms with Gasteiger partial charge in [-0.25, -0.2) is 0 Å². The van der Waals surface area contributed by atoms with Gasteiger partial charge in [-0.1, -0.05) is 6.07 Å². The lowest BCUT2D eigenvalue weighted by molar-refractivity contribution is 0.331. The predicted molar refractivity (Wildman–Crippen MR) is 58.5 cm³/mol. The fraction of sp³-hybridized carbons (Fsp3) is 0.545. The third kappa shape index (κ3) is 2.25. The van der Waals surface area contributed by atoms with E-state index in [2.05, 4.69) is 22.9 Å². The second-order valence-electron chi connectivity index (χ2n) is 3.87. The SMILES string of the molecule is Cc1ncccc1CN1CCC(Cl)C1. The third-order valence-corrected chi connectivity index (χ3v) is 3.08. The van der Waals surface area contributed by atoms with Crippen LogP contribution < -0.4 is 0 Å². The monoisotopic (exact) mass is 210 g/mol. The minimum Gasteiger partial charge on any atom is -0.297 e. The van der Waals surface area contributed by atoms with Crippen molar-refractivity contribution in [2.45, 2.75) is 25.3 Å². The number of aryl methyl sites for hydroxylation is 1. The van der Waals surface area contributed by atoms with Gasteiger partial charge in [-0.05, 0) is 31.5 Å². The Kier molecular flexibility index (Phi) is 3.04. The molecule has 0 saturated carbocycles. The zero-order valence-corrected chi connectivity index (χ0v) is 9.17. The molecule has 0 aromatic carbocycles. The normalized spacial score (nSPS) is 22.9. The summed E-state index contributed by atoms with van der Waals surface area (Å²) in [6.07, 6.45) is 2.95. The van der Waals surface area contributed by atoms with E-state index in [4.69, 9.17) is 11.6 Å². The summed E-state index contributed by atoms with van der Waals surface area (Å²) in [6, 6.07) is 4.14. The number of rotatable bonds is 2. The zero-order valence-electron chi connectivity index (χ0n) is 8.41. The van der Waals surface area contributed by atoms with Gasteiger partial charge in [0.1, 0.15) is 0 Å². The first-order valence-electron chi connectivity index (χ1n) is 5.02. The second kappa shape index (κ2) is 4.28. The molecule has 0 bridgehead atoms. The summed E-state index contributed by atoms with van der Waals surface area (Å²) in [4.78, 5) is 6.67. The summed E-state index contributed by atoms with van der Waals surface area (Å²) in [7, 11) is 0. The highest BCUT2D eigenvalue weighted by atomic mass is 35.5. The van der Waals surface area contributed by atoms with E-state index in [-0.39, 0.29) is 0 Å². The van der Waals surface area contributed by atoms with E-state index in [0.717, 1.165) is 31.7 Å². The van der Waals surface area contributed by atoms with Crippen molar-refractivity contribution in [3.8, 4) is 0 Å². The minimum absolute atomic E-state index is 0.340. The average molecular weight is 211 g/mol. The number of halogens is 1. The molecule has 1 aromatic heterocycles. The second-order valence-corrected chi connectivity index (χ2v) is 4.49. The molecule has 2 nitrogen and oxygen atoms in total. The molecule has 2 rings (SSSR count). The molecule has 0 amide bonds. The average Bonchev–Trinajstić information content (AvgIpc) is 2.56. The molecular formula is C11H15ClN2. The van der Waals surface area contributed by atoms with Gasteiger partial charge in [-0.3, -0.25) is 9.88 Å². The number of alkyl halides is 1. The van der Waals surface area contributed by atoms with Gasteiger partial charge in [0.05, 0.1) is 0 Å². The summed E-state index contributed by atoms with van der Waals surface area (Å²) in [5.41, 5.74) is 2.45. The molecule has 0 spiro atoms. The van der Waals surface area contributed by atoms with Crippen LogP contribution in [0.4, 0.5) is 0 Å². The molecule has 1 aliphatic rings. The molecule has 0 radical (unpaired) electrons. The van der Waals surface area contributed by atoms with Gasteiger partial charge in [-0.15, -0.1) is 11.6 Å². The molecule has 76 valence electrons. The predicted octanol–water partition coefficient (Wildman–Crippen LogP) is 2.20. The standard InChI is InChI=1S/C11H15ClN2/c1-9-10(3-2-5-13-9)7-14-6-4-11(12)8-14/h2-3,5,11H,4,6-8H2,1H3. The van der Waals surface area contributed by atoms with E-state index in [9.17, 15) is 0 Å². The summed E-state index contributed by atoms with van der Waals surface area (Å²) in [5.74, 6) is 0. The van der Waals surface area contributed by atoms with Crippen molar-refractivity contribution in [1.29, 1.82) is 0 Å². The van der Waals surface area contributed by atoms with Crippen LogP contribution in [0.5, 0.6) is 0 Å². The highest BCUT2D eigenvalue weighted by molar-refractivity contribution is 6.20. The summed E-state index contributed by atoms with van der Waals surface area (Å²) < 4.78 is 0. The van der Waals surface area contributed by atoms with Crippen molar-refractivity contribution in [3.05, 3.63) is 29.6 Å². The molecule has 0 N–H and O–H groups in total. The first-order chi connectivity index (χ1) is 6.75. The molecule has 1 fully saturated rings. The van der Waals surface area contributed by atoms with E-state index >= 15 is 0 Å². The van der Waals surface area contributed by atoms with Crippen LogP contribution in [-0.2, 0) is 6.54 Å². The Bertz CT molecular complexity index is 314. The molecule has 1 atom stereocenters. The lowest BCUT2D eigenvalue weighted by atomic mass is 10.2. The lowest BCUT2D eigenvalue weighted by Crippen LogP contribution is -2.20. The number of hydrogen-bond donors (Lipinski definition) is 0. The van der Waals surface area contributed by atoms with Gasteiger partial charge < -0.3 is 0 Å². The highest BCUT2D eigenvalue weighted by Gasteiger charge is 2.20. The van der Waals surface area contributed by atoms with Crippen LogP contribution in [0, 0.1) is 6.92 Å². The van der Waals surface area contributed by atoms with E-state index in [1.54, 1.807) is 0 Å². The van der Waals surface area contributed by atoms with E-state index in [1.807, 2.05) is 12.3 Å². The Hall–Kier alpha value is -0.600. The molecular weight excluding hydrogens is 196 g/mol. The number of aromatic nitrogens is 1. The highest BCUT2D eigenvalue weighted by Crippen LogP contribution is 2.17. The van der Waals surface area contributed by atoms with Crippen LogP contribution in [0.2, 0.25) is 0 Å². The molecule has 2 heterocycles. The molecule has 1 aromatic rings. The molecule has 0 aliphatic carbocycles. The van der Waals surface area contributed by atoms with Crippen molar-refractivity contribution in [2.24, 2.45) is 0 Å². The maximum atomic E-state index is 6.06. The molecule has 1 unspecified atom stereocenters.